The predicted molar refractivity (Wildman–Crippen MR) is 77.1 cm³/mol. The Hall–Kier alpha value is -2.24. The summed E-state index contributed by atoms with van der Waals surface area (Å²) in [6.45, 7) is 5.81. The molecule has 0 amide bonds. The number of aryl methyl sites for hydroxylation is 1. The van der Waals surface area contributed by atoms with Gasteiger partial charge in [-0.05, 0) is 26.0 Å². The fourth-order valence-corrected chi connectivity index (χ4v) is 1.84. The van der Waals surface area contributed by atoms with E-state index in [-0.39, 0.29) is 0 Å². The van der Waals surface area contributed by atoms with Gasteiger partial charge in [-0.15, -0.1) is 5.10 Å². The van der Waals surface area contributed by atoms with Gasteiger partial charge < -0.3 is 14.8 Å². The molecule has 0 unspecified atom stereocenters. The van der Waals surface area contributed by atoms with Crippen LogP contribution < -0.4 is 14.8 Å². The normalized spacial score (nSPS) is 10.3. The van der Waals surface area contributed by atoms with Crippen LogP contribution in [0.1, 0.15) is 19.5 Å². The van der Waals surface area contributed by atoms with Crippen LogP contribution in [0.5, 0.6) is 11.5 Å². The average molecular weight is 276 g/mol. The predicted octanol–water partition coefficient (Wildman–Crippen LogP) is 2.22. The molecule has 0 fully saturated rings. The third kappa shape index (κ3) is 3.40. The van der Waals surface area contributed by atoms with Crippen molar-refractivity contribution in [2.24, 2.45) is 7.05 Å². The van der Waals surface area contributed by atoms with E-state index in [1.165, 1.54) is 0 Å². The molecule has 0 radical (unpaired) electrons. The van der Waals surface area contributed by atoms with Crippen LogP contribution in [0.4, 0.5) is 5.69 Å². The highest BCUT2D eigenvalue weighted by Gasteiger charge is 2.07. The Balaban J connectivity index is 2.14. The summed E-state index contributed by atoms with van der Waals surface area (Å²) in [4.78, 5) is 0. The number of hydrogen-bond acceptors (Lipinski definition) is 5. The maximum Gasteiger partial charge on any atom is 0.142 e. The number of ether oxygens (including phenoxy) is 2. The minimum Gasteiger partial charge on any atom is -0.494 e. The fourth-order valence-electron chi connectivity index (χ4n) is 1.84. The minimum absolute atomic E-state index is 0.621. The first-order valence-corrected chi connectivity index (χ1v) is 6.71. The molecule has 1 N–H and O–H groups in total. The molecule has 1 aromatic heterocycles. The second-order valence-electron chi connectivity index (χ2n) is 4.23. The van der Waals surface area contributed by atoms with E-state index in [9.17, 15) is 0 Å². The van der Waals surface area contributed by atoms with Crippen molar-refractivity contribution in [1.82, 2.24) is 15.0 Å². The molecule has 0 spiro atoms. The second-order valence-corrected chi connectivity index (χ2v) is 4.23. The summed E-state index contributed by atoms with van der Waals surface area (Å²) in [5.74, 6) is 1.63. The molecule has 108 valence electrons. The number of anilines is 1. The highest BCUT2D eigenvalue weighted by atomic mass is 16.5. The quantitative estimate of drug-likeness (QED) is 0.840. The number of nitrogens with zero attached hydrogens (tertiary/aromatic N) is 3. The van der Waals surface area contributed by atoms with Gasteiger partial charge in [0, 0.05) is 13.1 Å². The van der Waals surface area contributed by atoms with E-state index < -0.39 is 0 Å². The molecular weight excluding hydrogens is 256 g/mol. The van der Waals surface area contributed by atoms with Crippen LogP contribution >= 0.6 is 0 Å². The smallest absolute Gasteiger partial charge is 0.142 e. The molecule has 0 bridgehead atoms. The topological polar surface area (TPSA) is 61.2 Å². The lowest BCUT2D eigenvalue weighted by atomic mass is 10.2. The molecule has 0 saturated carbocycles. The minimum atomic E-state index is 0.621. The third-order valence-electron chi connectivity index (χ3n) is 2.83. The number of aromatic nitrogens is 3. The molecule has 0 aliphatic heterocycles. The van der Waals surface area contributed by atoms with Crippen LogP contribution in [0.3, 0.4) is 0 Å². The number of nitrogens with one attached hydrogen (secondary N) is 1. The van der Waals surface area contributed by atoms with Crippen molar-refractivity contribution in [3.63, 3.8) is 0 Å². The van der Waals surface area contributed by atoms with Crippen LogP contribution in [-0.2, 0) is 13.6 Å². The van der Waals surface area contributed by atoms with Crippen LogP contribution in [-0.4, -0.2) is 28.2 Å². The van der Waals surface area contributed by atoms with Crippen LogP contribution in [0.15, 0.2) is 24.4 Å². The van der Waals surface area contributed by atoms with E-state index in [0.29, 0.717) is 19.8 Å². The van der Waals surface area contributed by atoms with Gasteiger partial charge in [-0.1, -0.05) is 5.21 Å². The summed E-state index contributed by atoms with van der Waals surface area (Å²) < 4.78 is 12.9. The van der Waals surface area contributed by atoms with E-state index in [1.54, 1.807) is 10.9 Å². The number of hydrogen-bond donors (Lipinski definition) is 1. The largest absolute Gasteiger partial charge is 0.494 e. The maximum atomic E-state index is 5.61. The van der Waals surface area contributed by atoms with Crippen molar-refractivity contribution in [3.05, 3.63) is 30.1 Å². The molecule has 1 heterocycles. The second kappa shape index (κ2) is 6.79. The van der Waals surface area contributed by atoms with Gasteiger partial charge in [-0.3, -0.25) is 4.68 Å². The van der Waals surface area contributed by atoms with Crippen molar-refractivity contribution in [2.75, 3.05) is 18.5 Å². The lowest BCUT2D eigenvalue weighted by Gasteiger charge is -2.14. The highest BCUT2D eigenvalue weighted by molar-refractivity contribution is 5.59. The Morgan fingerprint density at radius 2 is 2.00 bits per heavy atom. The standard InChI is InChI=1S/C14H20N4O2/c1-4-19-12-6-7-14(20-5-2)13(8-12)15-9-11-10-16-17-18(11)3/h6-8,10,15H,4-5,9H2,1-3H3. The summed E-state index contributed by atoms with van der Waals surface area (Å²) >= 11 is 0. The summed E-state index contributed by atoms with van der Waals surface area (Å²) in [5.41, 5.74) is 1.90. The molecule has 0 saturated heterocycles. The van der Waals surface area contributed by atoms with Crippen molar-refractivity contribution >= 4 is 5.69 Å². The van der Waals surface area contributed by atoms with Gasteiger partial charge >= 0.3 is 0 Å². The van der Waals surface area contributed by atoms with Crippen molar-refractivity contribution in [3.8, 4) is 11.5 Å². The zero-order valence-electron chi connectivity index (χ0n) is 12.1. The maximum absolute atomic E-state index is 5.61. The summed E-state index contributed by atoms with van der Waals surface area (Å²) in [7, 11) is 1.87. The fraction of sp³-hybridized carbons (Fsp3) is 0.429. The van der Waals surface area contributed by atoms with Crippen LogP contribution in [0, 0.1) is 0 Å². The Kier molecular flexibility index (Phi) is 4.81. The van der Waals surface area contributed by atoms with Gasteiger partial charge in [0.15, 0.2) is 0 Å². The lowest BCUT2D eigenvalue weighted by Crippen LogP contribution is -2.07. The Bertz CT molecular complexity index is 554. The van der Waals surface area contributed by atoms with Crippen LogP contribution in [0.25, 0.3) is 0 Å². The molecule has 6 nitrogen and oxygen atoms in total. The highest BCUT2D eigenvalue weighted by Crippen LogP contribution is 2.29. The molecule has 20 heavy (non-hydrogen) atoms. The van der Waals surface area contributed by atoms with Gasteiger partial charge in [0.05, 0.1) is 37.3 Å². The van der Waals surface area contributed by atoms with Gasteiger partial charge in [0.25, 0.3) is 0 Å². The van der Waals surface area contributed by atoms with Crippen molar-refractivity contribution < 1.29 is 9.47 Å². The van der Waals surface area contributed by atoms with E-state index in [4.69, 9.17) is 9.47 Å². The molecule has 2 aromatic rings. The van der Waals surface area contributed by atoms with E-state index in [0.717, 1.165) is 22.9 Å². The van der Waals surface area contributed by atoms with Gasteiger partial charge in [-0.2, -0.15) is 0 Å². The molecule has 1 aromatic carbocycles. The first kappa shape index (κ1) is 14.2. The molecule has 0 atom stereocenters. The molecule has 6 heteroatoms. The van der Waals surface area contributed by atoms with E-state index in [1.807, 2.05) is 39.1 Å². The SMILES string of the molecule is CCOc1ccc(OCC)c(NCc2cnnn2C)c1. The lowest BCUT2D eigenvalue weighted by molar-refractivity contribution is 0.332. The first-order chi connectivity index (χ1) is 9.74. The van der Waals surface area contributed by atoms with Crippen molar-refractivity contribution in [2.45, 2.75) is 20.4 Å². The molecule has 2 rings (SSSR count). The van der Waals surface area contributed by atoms with E-state index in [2.05, 4.69) is 15.6 Å². The Labute approximate surface area is 118 Å². The van der Waals surface area contributed by atoms with Gasteiger partial charge in [-0.25, -0.2) is 0 Å². The average Bonchev–Trinajstić information content (AvgIpc) is 2.85. The van der Waals surface area contributed by atoms with E-state index >= 15 is 0 Å². The summed E-state index contributed by atoms with van der Waals surface area (Å²) in [5, 5.41) is 11.1. The zero-order chi connectivity index (χ0) is 14.4. The third-order valence-corrected chi connectivity index (χ3v) is 2.83. The summed E-state index contributed by atoms with van der Waals surface area (Å²) in [6, 6.07) is 5.77. The molecule has 0 aliphatic carbocycles. The van der Waals surface area contributed by atoms with Crippen LogP contribution in [0.2, 0.25) is 0 Å². The number of benzene rings is 1. The van der Waals surface area contributed by atoms with Gasteiger partial charge in [0.1, 0.15) is 11.5 Å². The summed E-state index contributed by atoms with van der Waals surface area (Å²) in [6.07, 6.45) is 1.74. The molecule has 0 aliphatic rings. The van der Waals surface area contributed by atoms with Gasteiger partial charge in [0.2, 0.25) is 0 Å². The molecular formula is C14H20N4O2. The number of rotatable bonds is 7. The monoisotopic (exact) mass is 276 g/mol. The zero-order valence-corrected chi connectivity index (χ0v) is 12.1. The van der Waals surface area contributed by atoms with Crippen molar-refractivity contribution in [1.29, 1.82) is 0 Å². The first-order valence-electron chi connectivity index (χ1n) is 6.71. The Morgan fingerprint density at radius 3 is 2.65 bits per heavy atom. The Morgan fingerprint density at radius 1 is 1.20 bits per heavy atom.